The Kier molecular flexibility index (Phi) is 75.8. The Balaban J connectivity index is 5.47. The maximum atomic E-state index is 13.1. The summed E-state index contributed by atoms with van der Waals surface area (Å²) < 4.78 is 68.7. The lowest BCUT2D eigenvalue weighted by Crippen LogP contribution is -2.30. The van der Waals surface area contributed by atoms with Crippen LogP contribution in [0.1, 0.15) is 323 Å². The zero-order valence-electron chi connectivity index (χ0n) is 67.5. The highest BCUT2D eigenvalue weighted by Crippen LogP contribution is 2.45. The number of unbranched alkanes of at least 4 members (excludes halogenated alkanes) is 25. The second kappa shape index (κ2) is 79.8. The monoisotopic (exact) mass is 1550 g/mol. The molecule has 5 unspecified atom stereocenters. The Morgan fingerprint density at radius 1 is 0.269 bits per heavy atom. The second-order valence-corrected chi connectivity index (χ2v) is 30.2. The summed E-state index contributed by atoms with van der Waals surface area (Å²) in [5.74, 6) is -2.30. The predicted octanol–water partition coefficient (Wildman–Crippen LogP) is 24.8. The van der Waals surface area contributed by atoms with Crippen LogP contribution >= 0.6 is 15.6 Å². The molecule has 0 aliphatic heterocycles. The Labute approximate surface area is 655 Å². The summed E-state index contributed by atoms with van der Waals surface area (Å²) in [6.45, 7) is 4.51. The molecule has 0 spiro atoms. The summed E-state index contributed by atoms with van der Waals surface area (Å²) in [5.41, 5.74) is 0. The molecular weight excluding hydrogens is 1400 g/mol. The first-order valence-electron chi connectivity index (χ1n) is 41.7. The molecule has 17 nitrogen and oxygen atoms in total. The van der Waals surface area contributed by atoms with E-state index in [1.165, 1.54) is 57.8 Å². The highest BCUT2D eigenvalue weighted by Gasteiger charge is 2.30. The van der Waals surface area contributed by atoms with Gasteiger partial charge in [-0.05, 0) is 167 Å². The van der Waals surface area contributed by atoms with Gasteiger partial charge in [-0.2, -0.15) is 0 Å². The number of phosphoric acid groups is 2. The van der Waals surface area contributed by atoms with Crippen molar-refractivity contribution in [3.05, 3.63) is 158 Å². The lowest BCUT2D eigenvalue weighted by atomic mass is 10.1. The average molecular weight is 1550 g/mol. The van der Waals surface area contributed by atoms with Crippen molar-refractivity contribution in [2.24, 2.45) is 0 Å². The van der Waals surface area contributed by atoms with Gasteiger partial charge in [0.05, 0.1) is 26.4 Å². The van der Waals surface area contributed by atoms with Crippen molar-refractivity contribution in [1.29, 1.82) is 0 Å². The fourth-order valence-corrected chi connectivity index (χ4v) is 12.2. The molecular formula is C89H148O17P2. The number of carbonyl (C=O) groups excluding carboxylic acids is 4. The van der Waals surface area contributed by atoms with E-state index in [4.69, 9.17) is 37.0 Å². The Hall–Kier alpha value is -5.32. The van der Waals surface area contributed by atoms with E-state index in [-0.39, 0.29) is 25.7 Å². The smallest absolute Gasteiger partial charge is 0.462 e. The first-order chi connectivity index (χ1) is 52.7. The lowest BCUT2D eigenvalue weighted by molar-refractivity contribution is -0.161. The number of esters is 4. The van der Waals surface area contributed by atoms with E-state index < -0.39 is 97.5 Å². The van der Waals surface area contributed by atoms with Crippen molar-refractivity contribution in [2.45, 2.75) is 341 Å². The van der Waals surface area contributed by atoms with Gasteiger partial charge >= 0.3 is 39.5 Å². The third-order valence-corrected chi connectivity index (χ3v) is 18.9. The highest BCUT2D eigenvalue weighted by molar-refractivity contribution is 7.47. The number of carbonyl (C=O) groups is 4. The van der Waals surface area contributed by atoms with Crippen LogP contribution in [0.5, 0.6) is 0 Å². The fraction of sp³-hybridized carbons (Fsp3) is 0.663. The molecule has 0 amide bonds. The van der Waals surface area contributed by atoms with Crippen LogP contribution in [0.3, 0.4) is 0 Å². The van der Waals surface area contributed by atoms with Crippen LogP contribution in [0.4, 0.5) is 0 Å². The molecule has 0 aliphatic rings. The van der Waals surface area contributed by atoms with Gasteiger partial charge in [-0.3, -0.25) is 37.3 Å². The number of ether oxygens (including phenoxy) is 4. The zero-order chi connectivity index (χ0) is 78.9. The number of hydrogen-bond acceptors (Lipinski definition) is 15. The topological polar surface area (TPSA) is 237 Å². The predicted molar refractivity (Wildman–Crippen MR) is 445 cm³/mol. The van der Waals surface area contributed by atoms with Gasteiger partial charge in [0.15, 0.2) is 12.2 Å². The Morgan fingerprint density at radius 3 is 0.806 bits per heavy atom. The first-order valence-corrected chi connectivity index (χ1v) is 44.7. The van der Waals surface area contributed by atoms with E-state index in [0.717, 1.165) is 180 Å². The molecule has 0 heterocycles. The van der Waals surface area contributed by atoms with Gasteiger partial charge in [0.1, 0.15) is 19.3 Å². The van der Waals surface area contributed by atoms with E-state index in [2.05, 4.69) is 174 Å². The van der Waals surface area contributed by atoms with Crippen LogP contribution in [0.25, 0.3) is 0 Å². The molecule has 0 aromatic rings. The van der Waals surface area contributed by atoms with Crippen LogP contribution in [0.15, 0.2) is 158 Å². The van der Waals surface area contributed by atoms with Crippen LogP contribution < -0.4 is 0 Å². The number of allylic oxidation sites excluding steroid dienone is 26. The molecule has 0 saturated heterocycles. The number of rotatable bonds is 77. The first kappa shape index (κ1) is 103. The van der Waals surface area contributed by atoms with Crippen LogP contribution in [0.2, 0.25) is 0 Å². The van der Waals surface area contributed by atoms with E-state index in [9.17, 15) is 43.2 Å². The molecule has 5 atom stereocenters. The largest absolute Gasteiger partial charge is 0.472 e. The maximum absolute atomic E-state index is 13.1. The quantitative estimate of drug-likeness (QED) is 0.0169. The normalized spacial score (nSPS) is 14.6. The molecule has 19 heteroatoms. The van der Waals surface area contributed by atoms with Gasteiger partial charge < -0.3 is 33.8 Å². The number of aliphatic hydroxyl groups is 1. The minimum Gasteiger partial charge on any atom is -0.462 e. The molecule has 108 heavy (non-hydrogen) atoms. The minimum atomic E-state index is -5.01. The number of aliphatic hydroxyl groups excluding tert-OH is 1. The standard InChI is InChI=1S/C89H148O17P2/c1-5-9-13-17-21-25-29-33-37-40-41-44-47-50-54-58-62-66-70-74-87(92)100-79-84(105-88(93)75-71-67-63-59-55-51-45-36-32-28-24-20-16-12-8-4)81-103-107(95,96)101-77-83(90)78-102-108(97,98)104-82-85(106-89(94)76-72-68-64-60-56-52-48-43-39-35-31-27-23-19-15-11-7-3)80-99-86(91)73-69-65-61-57-53-49-46-42-38-34-30-26-22-18-14-10-6-2/h10-11,14-15,21-23,25-27,33-39,41,44-46,48-49,52,57,61,83-85,90H,5-9,12-13,16-20,24,28-32,40,42-43,47,50-51,53-56,58-60,62-82H2,1-4H3,(H,95,96)(H,97,98)/b14-10-,15-11-,25-21-,26-22-,27-23-,37-33-,38-34-,39-35-,44-41-,45-36-,49-46-,52-48-,61-57-. The van der Waals surface area contributed by atoms with Gasteiger partial charge in [0.25, 0.3) is 0 Å². The zero-order valence-corrected chi connectivity index (χ0v) is 69.3. The third kappa shape index (κ3) is 78.8. The number of phosphoric ester groups is 2. The molecule has 616 valence electrons. The minimum absolute atomic E-state index is 0.0492. The summed E-state index contributed by atoms with van der Waals surface area (Å²) in [6, 6.07) is 0. The van der Waals surface area contributed by atoms with E-state index in [1.807, 2.05) is 12.2 Å². The van der Waals surface area contributed by atoms with Crippen molar-refractivity contribution in [3.8, 4) is 0 Å². The van der Waals surface area contributed by atoms with E-state index in [0.29, 0.717) is 32.1 Å². The summed E-state index contributed by atoms with van der Waals surface area (Å²) in [7, 11) is -10.0. The maximum Gasteiger partial charge on any atom is 0.472 e. The third-order valence-electron chi connectivity index (χ3n) is 17.0. The summed E-state index contributed by atoms with van der Waals surface area (Å²) in [5, 5.41) is 10.7. The van der Waals surface area contributed by atoms with Crippen molar-refractivity contribution in [3.63, 3.8) is 0 Å². The molecule has 0 rings (SSSR count). The van der Waals surface area contributed by atoms with Crippen molar-refractivity contribution in [2.75, 3.05) is 39.6 Å². The van der Waals surface area contributed by atoms with Gasteiger partial charge in [0.2, 0.25) is 0 Å². The Bertz CT molecular complexity index is 2660. The molecule has 0 radical (unpaired) electrons. The van der Waals surface area contributed by atoms with Gasteiger partial charge in [-0.1, -0.05) is 288 Å². The molecule has 0 aromatic heterocycles. The molecule has 0 aliphatic carbocycles. The molecule has 0 saturated carbocycles. The van der Waals surface area contributed by atoms with Gasteiger partial charge in [-0.15, -0.1) is 0 Å². The molecule has 0 bridgehead atoms. The summed E-state index contributed by atoms with van der Waals surface area (Å²) in [4.78, 5) is 73.2. The average Bonchev–Trinajstić information content (AvgIpc) is 0.901. The summed E-state index contributed by atoms with van der Waals surface area (Å²) in [6.07, 6.45) is 93.6. The van der Waals surface area contributed by atoms with E-state index >= 15 is 0 Å². The lowest BCUT2D eigenvalue weighted by Gasteiger charge is -2.21. The summed E-state index contributed by atoms with van der Waals surface area (Å²) >= 11 is 0. The second-order valence-electron chi connectivity index (χ2n) is 27.3. The molecule has 0 fully saturated rings. The van der Waals surface area contributed by atoms with Crippen molar-refractivity contribution < 1.29 is 80.2 Å². The van der Waals surface area contributed by atoms with Crippen LogP contribution in [0, 0.1) is 0 Å². The van der Waals surface area contributed by atoms with Crippen molar-refractivity contribution in [1.82, 2.24) is 0 Å². The van der Waals surface area contributed by atoms with Crippen molar-refractivity contribution >= 4 is 39.5 Å². The molecule has 0 aromatic carbocycles. The van der Waals surface area contributed by atoms with Crippen LogP contribution in [-0.4, -0.2) is 96.7 Å². The SMILES string of the molecule is CC/C=C\C/C=C\C/C=C\C/C=C\C/C=C\CCCC(=O)OCC(COP(=O)(O)OCC(O)COP(=O)(O)OCC(COC(=O)CCCCCCCC/C=C\C/C=C\C/C=C\CCCCC)OC(=O)CCCCCCC/C=C\CCCCCCCC)OC(=O)CCCCCC/C=C\C/C=C\C/C=C\C/C=C\CC. The van der Waals surface area contributed by atoms with Gasteiger partial charge in [0, 0.05) is 25.7 Å². The van der Waals surface area contributed by atoms with Crippen LogP contribution in [-0.2, 0) is 65.4 Å². The Morgan fingerprint density at radius 2 is 0.491 bits per heavy atom. The van der Waals surface area contributed by atoms with Gasteiger partial charge in [-0.25, -0.2) is 9.13 Å². The van der Waals surface area contributed by atoms with E-state index in [1.54, 1.807) is 0 Å². The molecule has 3 N–H and O–H groups in total. The fourth-order valence-electron chi connectivity index (χ4n) is 10.7. The number of hydrogen-bond donors (Lipinski definition) is 3. The highest BCUT2D eigenvalue weighted by atomic mass is 31.2.